The Labute approximate surface area is 126 Å². The molecule has 0 aliphatic heterocycles. The van der Waals surface area contributed by atoms with Crippen LogP contribution < -0.4 is 0 Å². The number of nitrogens with zero attached hydrogens (tertiary/aromatic N) is 1. The molecule has 0 radical (unpaired) electrons. The highest BCUT2D eigenvalue weighted by Gasteiger charge is 2.24. The first-order valence-electron chi connectivity index (χ1n) is 7.92. The monoisotopic (exact) mass is 295 g/mol. The molecule has 3 nitrogen and oxygen atoms in total. The lowest BCUT2D eigenvalue weighted by atomic mass is 9.93. The molecule has 2 rings (SSSR count). The fourth-order valence-corrected chi connectivity index (χ4v) is 3.17. The lowest BCUT2D eigenvalue weighted by Gasteiger charge is -2.36. The fourth-order valence-electron chi connectivity index (χ4n) is 3.17. The maximum atomic E-state index is 13.0. The van der Waals surface area contributed by atoms with Gasteiger partial charge in [0, 0.05) is 19.1 Å². The van der Waals surface area contributed by atoms with Gasteiger partial charge in [0.05, 0.1) is 12.2 Å². The molecule has 1 aliphatic carbocycles. The van der Waals surface area contributed by atoms with Crippen LogP contribution in [0.3, 0.4) is 0 Å². The summed E-state index contributed by atoms with van der Waals surface area (Å²) in [6.45, 7) is 2.84. The molecule has 21 heavy (non-hydrogen) atoms. The number of benzene rings is 1. The predicted octanol–water partition coefficient (Wildman–Crippen LogP) is 2.87. The fraction of sp³-hybridized carbons (Fsp3) is 0.647. The number of aliphatic hydroxyl groups is 2. The minimum atomic E-state index is -0.647. The first kappa shape index (κ1) is 16.4. The average molecular weight is 295 g/mol. The highest BCUT2D eigenvalue weighted by Crippen LogP contribution is 2.25. The Hall–Kier alpha value is -0.970. The molecule has 0 spiro atoms. The summed E-state index contributed by atoms with van der Waals surface area (Å²) in [5, 5.41) is 20.1. The molecule has 2 N–H and O–H groups in total. The van der Waals surface area contributed by atoms with Gasteiger partial charge in [0.1, 0.15) is 5.82 Å². The lowest BCUT2D eigenvalue weighted by molar-refractivity contribution is 0.0392. The Morgan fingerprint density at radius 2 is 1.71 bits per heavy atom. The Bertz CT molecular complexity index is 415. The minimum absolute atomic E-state index is 0.293. The minimum Gasteiger partial charge on any atom is -0.392 e. The summed E-state index contributed by atoms with van der Waals surface area (Å²) in [4.78, 5) is 2.19. The van der Waals surface area contributed by atoms with E-state index in [1.165, 1.54) is 31.4 Å². The molecule has 1 fully saturated rings. The normalized spacial score (nSPS) is 19.7. The maximum absolute atomic E-state index is 13.0. The summed E-state index contributed by atoms with van der Waals surface area (Å²) in [6.07, 6.45) is 4.91. The number of aliphatic hydroxyl groups excluding tert-OH is 2. The van der Waals surface area contributed by atoms with E-state index in [4.69, 9.17) is 0 Å². The van der Waals surface area contributed by atoms with Gasteiger partial charge in [-0.15, -0.1) is 0 Å². The van der Waals surface area contributed by atoms with Crippen LogP contribution in [-0.2, 0) is 0 Å². The number of hydrogen-bond donors (Lipinski definition) is 2. The van der Waals surface area contributed by atoms with E-state index in [0.29, 0.717) is 19.1 Å². The van der Waals surface area contributed by atoms with Crippen molar-refractivity contribution in [2.24, 2.45) is 0 Å². The van der Waals surface area contributed by atoms with Crippen molar-refractivity contribution in [3.05, 3.63) is 35.6 Å². The van der Waals surface area contributed by atoms with Gasteiger partial charge in [0.25, 0.3) is 0 Å². The quantitative estimate of drug-likeness (QED) is 0.848. The zero-order valence-corrected chi connectivity index (χ0v) is 12.7. The van der Waals surface area contributed by atoms with Crippen LogP contribution in [0.5, 0.6) is 0 Å². The van der Waals surface area contributed by atoms with Gasteiger partial charge in [-0.25, -0.2) is 4.39 Å². The van der Waals surface area contributed by atoms with Crippen LogP contribution in [0.25, 0.3) is 0 Å². The second kappa shape index (κ2) is 7.87. The second-order valence-corrected chi connectivity index (χ2v) is 6.16. The van der Waals surface area contributed by atoms with E-state index in [2.05, 4.69) is 4.90 Å². The summed E-state index contributed by atoms with van der Waals surface area (Å²) in [6, 6.07) is 6.43. The van der Waals surface area contributed by atoms with Crippen molar-refractivity contribution in [2.75, 3.05) is 13.1 Å². The van der Waals surface area contributed by atoms with Crippen LogP contribution in [0.1, 0.15) is 50.7 Å². The third-order valence-electron chi connectivity index (χ3n) is 4.25. The Balaban J connectivity index is 2.00. The highest BCUT2D eigenvalue weighted by molar-refractivity contribution is 5.18. The topological polar surface area (TPSA) is 43.7 Å². The first-order chi connectivity index (χ1) is 10.1. The van der Waals surface area contributed by atoms with Crippen molar-refractivity contribution in [1.82, 2.24) is 4.90 Å². The number of halogens is 1. The molecule has 1 aromatic carbocycles. The maximum Gasteiger partial charge on any atom is 0.123 e. The van der Waals surface area contributed by atoms with Crippen LogP contribution in [0, 0.1) is 5.82 Å². The molecule has 0 bridgehead atoms. The van der Waals surface area contributed by atoms with Gasteiger partial charge in [0.15, 0.2) is 0 Å². The van der Waals surface area contributed by atoms with Crippen LogP contribution in [0.2, 0.25) is 0 Å². The van der Waals surface area contributed by atoms with Crippen LogP contribution in [-0.4, -0.2) is 40.3 Å². The van der Waals surface area contributed by atoms with Crippen molar-refractivity contribution >= 4 is 0 Å². The molecule has 1 aromatic rings. The Morgan fingerprint density at radius 3 is 2.29 bits per heavy atom. The third-order valence-corrected chi connectivity index (χ3v) is 4.25. The molecular formula is C17H26FNO2. The zero-order valence-electron chi connectivity index (χ0n) is 12.7. The molecule has 1 aliphatic rings. The van der Waals surface area contributed by atoms with Crippen molar-refractivity contribution in [2.45, 2.75) is 57.3 Å². The Kier molecular flexibility index (Phi) is 6.15. The van der Waals surface area contributed by atoms with Gasteiger partial charge in [-0.3, -0.25) is 4.90 Å². The predicted molar refractivity (Wildman–Crippen MR) is 81.5 cm³/mol. The van der Waals surface area contributed by atoms with E-state index in [1.54, 1.807) is 19.1 Å². The molecule has 0 aromatic heterocycles. The van der Waals surface area contributed by atoms with Gasteiger partial charge in [0.2, 0.25) is 0 Å². The molecule has 1 saturated carbocycles. The first-order valence-corrected chi connectivity index (χ1v) is 7.92. The lowest BCUT2D eigenvalue weighted by Crippen LogP contribution is -2.43. The second-order valence-electron chi connectivity index (χ2n) is 6.16. The molecule has 0 amide bonds. The smallest absolute Gasteiger partial charge is 0.123 e. The molecular weight excluding hydrogens is 269 g/mol. The van der Waals surface area contributed by atoms with E-state index in [9.17, 15) is 14.6 Å². The molecule has 0 heterocycles. The summed E-state index contributed by atoms with van der Waals surface area (Å²) in [7, 11) is 0. The van der Waals surface area contributed by atoms with Crippen molar-refractivity contribution in [3.8, 4) is 0 Å². The van der Waals surface area contributed by atoms with E-state index in [1.807, 2.05) is 0 Å². The molecule has 4 heteroatoms. The van der Waals surface area contributed by atoms with Crippen molar-refractivity contribution in [1.29, 1.82) is 0 Å². The summed E-state index contributed by atoms with van der Waals surface area (Å²) < 4.78 is 13.0. The third kappa shape index (κ3) is 5.06. The zero-order chi connectivity index (χ0) is 15.2. The van der Waals surface area contributed by atoms with E-state index < -0.39 is 12.2 Å². The number of rotatable bonds is 6. The summed E-state index contributed by atoms with van der Waals surface area (Å²) in [5.74, 6) is -0.293. The van der Waals surface area contributed by atoms with E-state index >= 15 is 0 Å². The highest BCUT2D eigenvalue weighted by atomic mass is 19.1. The van der Waals surface area contributed by atoms with Gasteiger partial charge in [-0.2, -0.15) is 0 Å². The summed E-state index contributed by atoms with van der Waals surface area (Å²) in [5.41, 5.74) is 0.725. The van der Waals surface area contributed by atoms with Crippen molar-refractivity contribution in [3.63, 3.8) is 0 Å². The average Bonchev–Trinajstić information content (AvgIpc) is 2.47. The van der Waals surface area contributed by atoms with Gasteiger partial charge >= 0.3 is 0 Å². The van der Waals surface area contributed by atoms with E-state index in [-0.39, 0.29) is 5.82 Å². The molecule has 118 valence electrons. The SMILES string of the molecule is CC(O)CN(CC(O)c1ccc(F)cc1)C1CCCCC1. The van der Waals surface area contributed by atoms with Gasteiger partial charge < -0.3 is 10.2 Å². The van der Waals surface area contributed by atoms with Crippen molar-refractivity contribution < 1.29 is 14.6 Å². The molecule has 2 atom stereocenters. The van der Waals surface area contributed by atoms with Gasteiger partial charge in [-0.05, 0) is 37.5 Å². The van der Waals surface area contributed by atoms with Crippen LogP contribution >= 0.6 is 0 Å². The van der Waals surface area contributed by atoms with Crippen LogP contribution in [0.15, 0.2) is 24.3 Å². The molecule has 0 saturated heterocycles. The number of hydrogen-bond acceptors (Lipinski definition) is 3. The standard InChI is InChI=1S/C17H26FNO2/c1-13(20)11-19(16-5-3-2-4-6-16)12-17(21)14-7-9-15(18)10-8-14/h7-10,13,16-17,20-21H,2-6,11-12H2,1H3. The summed E-state index contributed by atoms with van der Waals surface area (Å²) >= 11 is 0. The van der Waals surface area contributed by atoms with E-state index in [0.717, 1.165) is 18.4 Å². The Morgan fingerprint density at radius 1 is 1.10 bits per heavy atom. The largest absolute Gasteiger partial charge is 0.392 e. The van der Waals surface area contributed by atoms with Crippen LogP contribution in [0.4, 0.5) is 4.39 Å². The van der Waals surface area contributed by atoms with Gasteiger partial charge in [-0.1, -0.05) is 31.4 Å². The molecule has 2 unspecified atom stereocenters.